The Labute approximate surface area is 177 Å². The second-order valence-electron chi connectivity index (χ2n) is 7.22. The molecule has 2 amide bonds. The highest BCUT2D eigenvalue weighted by molar-refractivity contribution is 7.18. The van der Waals surface area contributed by atoms with Gasteiger partial charge in [-0.25, -0.2) is 4.98 Å². The Morgan fingerprint density at radius 2 is 2.03 bits per heavy atom. The Bertz CT molecular complexity index is 1090. The van der Waals surface area contributed by atoms with Crippen molar-refractivity contribution < 1.29 is 9.59 Å². The maximum atomic E-state index is 12.8. The standard InChI is InChI=1S/C21H21ClN4O2S/c1-12-9-18(25-20(27)15-5-3-4-6-16(15)22)29-19(12)21(28)24-14-7-8-17-23-13(2)10-26(17)11-14/h3-6,9-10,14H,7-8,11H2,1-2H3,(H,24,28)(H,25,27). The van der Waals surface area contributed by atoms with Gasteiger partial charge in [-0.15, -0.1) is 11.3 Å². The summed E-state index contributed by atoms with van der Waals surface area (Å²) in [6.45, 7) is 4.57. The number of nitrogens with zero attached hydrogens (tertiary/aromatic N) is 2. The molecule has 3 aromatic rings. The van der Waals surface area contributed by atoms with E-state index in [-0.39, 0.29) is 17.9 Å². The van der Waals surface area contributed by atoms with Crippen LogP contribution in [0.15, 0.2) is 36.5 Å². The van der Waals surface area contributed by atoms with Crippen molar-refractivity contribution in [1.29, 1.82) is 0 Å². The molecule has 150 valence electrons. The van der Waals surface area contributed by atoms with Crippen LogP contribution in [0.4, 0.5) is 5.00 Å². The normalized spacial score (nSPS) is 15.6. The Balaban J connectivity index is 1.43. The molecule has 0 aliphatic carbocycles. The average molecular weight is 429 g/mol. The van der Waals surface area contributed by atoms with Crippen molar-refractivity contribution in [1.82, 2.24) is 14.9 Å². The van der Waals surface area contributed by atoms with Crippen LogP contribution in [0, 0.1) is 13.8 Å². The van der Waals surface area contributed by atoms with Gasteiger partial charge in [-0.05, 0) is 44.0 Å². The van der Waals surface area contributed by atoms with Crippen LogP contribution in [-0.4, -0.2) is 27.4 Å². The van der Waals surface area contributed by atoms with Crippen LogP contribution in [0.5, 0.6) is 0 Å². The summed E-state index contributed by atoms with van der Waals surface area (Å²) >= 11 is 7.36. The van der Waals surface area contributed by atoms with Crippen LogP contribution < -0.4 is 10.6 Å². The summed E-state index contributed by atoms with van der Waals surface area (Å²) < 4.78 is 2.11. The minimum absolute atomic E-state index is 0.0614. The van der Waals surface area contributed by atoms with E-state index in [4.69, 9.17) is 11.6 Å². The molecule has 1 unspecified atom stereocenters. The number of hydrogen-bond donors (Lipinski definition) is 2. The molecule has 0 saturated carbocycles. The molecule has 1 aromatic carbocycles. The number of carbonyl (C=O) groups excluding carboxylic acids is 2. The highest BCUT2D eigenvalue weighted by Crippen LogP contribution is 2.28. The van der Waals surface area contributed by atoms with E-state index >= 15 is 0 Å². The number of aryl methyl sites for hydroxylation is 3. The molecular formula is C21H21ClN4O2S. The van der Waals surface area contributed by atoms with E-state index in [1.165, 1.54) is 11.3 Å². The lowest BCUT2D eigenvalue weighted by atomic mass is 10.1. The van der Waals surface area contributed by atoms with Crippen LogP contribution in [-0.2, 0) is 13.0 Å². The van der Waals surface area contributed by atoms with Crippen molar-refractivity contribution in [3.05, 3.63) is 69.1 Å². The molecule has 29 heavy (non-hydrogen) atoms. The first-order chi connectivity index (χ1) is 13.9. The summed E-state index contributed by atoms with van der Waals surface area (Å²) in [4.78, 5) is 30.4. The monoisotopic (exact) mass is 428 g/mol. The molecule has 3 heterocycles. The van der Waals surface area contributed by atoms with Gasteiger partial charge in [0, 0.05) is 25.2 Å². The predicted octanol–water partition coefficient (Wildman–Crippen LogP) is 4.21. The number of carbonyl (C=O) groups is 2. The Kier molecular flexibility index (Phi) is 5.43. The zero-order valence-corrected chi connectivity index (χ0v) is 17.7. The van der Waals surface area contributed by atoms with Crippen LogP contribution in [0.25, 0.3) is 0 Å². The van der Waals surface area contributed by atoms with Crippen molar-refractivity contribution in [2.24, 2.45) is 0 Å². The summed E-state index contributed by atoms with van der Waals surface area (Å²) in [6, 6.07) is 8.75. The number of anilines is 1. The molecule has 4 rings (SSSR count). The number of imidazole rings is 1. The first-order valence-electron chi connectivity index (χ1n) is 9.40. The van der Waals surface area contributed by atoms with E-state index < -0.39 is 0 Å². The van der Waals surface area contributed by atoms with Crippen molar-refractivity contribution in [3.8, 4) is 0 Å². The number of nitrogens with one attached hydrogen (secondary N) is 2. The van der Waals surface area contributed by atoms with Gasteiger partial charge in [0.15, 0.2) is 0 Å². The molecule has 6 nitrogen and oxygen atoms in total. The number of thiophene rings is 1. The molecule has 1 aliphatic heterocycles. The van der Waals surface area contributed by atoms with E-state index in [1.807, 2.05) is 26.1 Å². The number of amides is 2. The minimum Gasteiger partial charge on any atom is -0.347 e. The van der Waals surface area contributed by atoms with Crippen molar-refractivity contribution in [2.45, 2.75) is 39.3 Å². The molecule has 0 radical (unpaired) electrons. The summed E-state index contributed by atoms with van der Waals surface area (Å²) in [7, 11) is 0. The molecule has 1 aliphatic rings. The van der Waals surface area contributed by atoms with Crippen LogP contribution in [0.1, 0.15) is 43.5 Å². The van der Waals surface area contributed by atoms with Crippen LogP contribution in [0.3, 0.4) is 0 Å². The second-order valence-corrected chi connectivity index (χ2v) is 8.68. The van der Waals surface area contributed by atoms with Gasteiger partial charge in [0.05, 0.1) is 26.2 Å². The topological polar surface area (TPSA) is 76.0 Å². The Morgan fingerprint density at radius 3 is 2.83 bits per heavy atom. The van der Waals surface area contributed by atoms with Gasteiger partial charge in [0.2, 0.25) is 0 Å². The third-order valence-electron chi connectivity index (χ3n) is 4.93. The quantitative estimate of drug-likeness (QED) is 0.653. The SMILES string of the molecule is Cc1cn2c(n1)CCC(NC(=O)c1sc(NC(=O)c3ccccc3Cl)cc1C)C2. The fourth-order valence-corrected chi connectivity index (χ4v) is 4.74. The zero-order chi connectivity index (χ0) is 20.5. The van der Waals surface area contributed by atoms with Gasteiger partial charge in [-0.2, -0.15) is 0 Å². The average Bonchev–Trinajstić information content (AvgIpc) is 3.22. The smallest absolute Gasteiger partial charge is 0.261 e. The fraction of sp³-hybridized carbons (Fsp3) is 0.286. The van der Waals surface area contributed by atoms with E-state index in [9.17, 15) is 9.59 Å². The van der Waals surface area contributed by atoms with Gasteiger partial charge in [0.1, 0.15) is 5.82 Å². The Morgan fingerprint density at radius 1 is 1.24 bits per heavy atom. The zero-order valence-electron chi connectivity index (χ0n) is 16.2. The molecule has 2 aromatic heterocycles. The van der Waals surface area contributed by atoms with Gasteiger partial charge in [-0.1, -0.05) is 23.7 Å². The lowest BCUT2D eigenvalue weighted by Gasteiger charge is -2.24. The lowest BCUT2D eigenvalue weighted by Crippen LogP contribution is -2.40. The number of fused-ring (bicyclic) bond motifs is 1. The number of aromatic nitrogens is 2. The maximum absolute atomic E-state index is 12.8. The van der Waals surface area contributed by atoms with Gasteiger partial charge in [0.25, 0.3) is 11.8 Å². The van der Waals surface area contributed by atoms with Gasteiger partial charge < -0.3 is 15.2 Å². The Hall–Kier alpha value is -2.64. The third-order valence-corrected chi connectivity index (χ3v) is 6.41. The first kappa shape index (κ1) is 19.7. The van der Waals surface area contributed by atoms with Crippen LogP contribution >= 0.6 is 22.9 Å². The predicted molar refractivity (Wildman–Crippen MR) is 115 cm³/mol. The number of rotatable bonds is 4. The lowest BCUT2D eigenvalue weighted by molar-refractivity contribution is 0.0930. The van der Waals surface area contributed by atoms with Crippen molar-refractivity contribution in [3.63, 3.8) is 0 Å². The highest BCUT2D eigenvalue weighted by atomic mass is 35.5. The number of benzene rings is 1. The van der Waals surface area contributed by atoms with Crippen molar-refractivity contribution in [2.75, 3.05) is 5.32 Å². The van der Waals surface area contributed by atoms with E-state index in [0.717, 1.165) is 36.5 Å². The molecule has 2 N–H and O–H groups in total. The number of halogens is 1. The molecule has 0 saturated heterocycles. The summed E-state index contributed by atoms with van der Waals surface area (Å²) in [5.74, 6) is 0.667. The van der Waals surface area contributed by atoms with E-state index in [0.29, 0.717) is 20.5 Å². The first-order valence-corrected chi connectivity index (χ1v) is 10.6. The molecule has 0 spiro atoms. The van der Waals surface area contributed by atoms with E-state index in [2.05, 4.69) is 20.2 Å². The molecule has 0 bridgehead atoms. The van der Waals surface area contributed by atoms with Crippen LogP contribution in [0.2, 0.25) is 5.02 Å². The molecule has 0 fully saturated rings. The van der Waals surface area contributed by atoms with Gasteiger partial charge >= 0.3 is 0 Å². The van der Waals surface area contributed by atoms with E-state index in [1.54, 1.807) is 24.3 Å². The second kappa shape index (κ2) is 8.00. The summed E-state index contributed by atoms with van der Waals surface area (Å²) in [5.41, 5.74) is 2.23. The largest absolute Gasteiger partial charge is 0.347 e. The highest BCUT2D eigenvalue weighted by Gasteiger charge is 2.23. The maximum Gasteiger partial charge on any atom is 0.261 e. The molecular weight excluding hydrogens is 408 g/mol. The van der Waals surface area contributed by atoms with Gasteiger partial charge in [-0.3, -0.25) is 9.59 Å². The van der Waals surface area contributed by atoms with Crippen molar-refractivity contribution >= 4 is 39.8 Å². The number of hydrogen-bond acceptors (Lipinski definition) is 4. The fourth-order valence-electron chi connectivity index (χ4n) is 3.55. The minimum atomic E-state index is -0.293. The summed E-state index contributed by atoms with van der Waals surface area (Å²) in [6.07, 6.45) is 3.73. The third kappa shape index (κ3) is 4.21. The molecule has 1 atom stereocenters. The summed E-state index contributed by atoms with van der Waals surface area (Å²) in [5, 5.41) is 6.97. The molecule has 8 heteroatoms.